The molecule has 1 fully saturated rings. The van der Waals surface area contributed by atoms with Crippen LogP contribution >= 0.6 is 11.6 Å². The number of hydrogen-bond donors (Lipinski definition) is 3. The van der Waals surface area contributed by atoms with E-state index in [0.717, 1.165) is 35.3 Å². The Bertz CT molecular complexity index is 727. The van der Waals surface area contributed by atoms with Gasteiger partial charge in [0.1, 0.15) is 12.4 Å². The molecular formula is C25H37ClO6. The molecule has 0 aromatic heterocycles. The second-order valence-electron chi connectivity index (χ2n) is 8.51. The Morgan fingerprint density at radius 3 is 2.53 bits per heavy atom. The van der Waals surface area contributed by atoms with Crippen molar-refractivity contribution >= 4 is 17.6 Å². The van der Waals surface area contributed by atoms with Crippen LogP contribution in [-0.4, -0.2) is 59.2 Å². The molecule has 0 aliphatic heterocycles. The number of rotatable bonds is 13. The number of benzene rings is 1. The van der Waals surface area contributed by atoms with Crippen molar-refractivity contribution in [3.8, 4) is 5.75 Å². The number of alkyl halides is 1. The third-order valence-corrected chi connectivity index (χ3v) is 6.63. The monoisotopic (exact) mass is 468 g/mol. The van der Waals surface area contributed by atoms with Crippen molar-refractivity contribution in [3.05, 3.63) is 41.0 Å². The molecule has 7 heteroatoms. The van der Waals surface area contributed by atoms with E-state index in [0.29, 0.717) is 32.3 Å². The molecule has 0 saturated heterocycles. The Hall–Kier alpha value is -1.60. The molecule has 0 unspecified atom stereocenters. The minimum Gasteiger partial charge on any atom is -0.493 e. The normalized spacial score (nSPS) is 23.1. The van der Waals surface area contributed by atoms with E-state index >= 15 is 0 Å². The molecule has 0 bridgehead atoms. The molecule has 1 saturated carbocycles. The molecule has 1 aliphatic rings. The van der Waals surface area contributed by atoms with Crippen molar-refractivity contribution in [3.63, 3.8) is 0 Å². The standard InChI is InChI=1S/C25H37ClO6/c1-17-13-19(14-18(2)20(17)9-10-27)32-16-22-21(23(26)15-24(22)29)7-5-3-4-6-8-25(30)31-12-11-28/h3,5,13-14,21-24,27-29H,4,6-12,15-16H2,1-2H3/b5-3-/t21-,22-,23-,24-/m1/s1. The van der Waals surface area contributed by atoms with Gasteiger partial charge < -0.3 is 24.8 Å². The molecule has 6 nitrogen and oxygen atoms in total. The Labute approximate surface area is 196 Å². The summed E-state index contributed by atoms with van der Waals surface area (Å²) in [7, 11) is 0. The van der Waals surface area contributed by atoms with Gasteiger partial charge in [0, 0.05) is 24.3 Å². The van der Waals surface area contributed by atoms with Gasteiger partial charge in [-0.15, -0.1) is 11.6 Å². The summed E-state index contributed by atoms with van der Waals surface area (Å²) < 4.78 is 10.9. The van der Waals surface area contributed by atoms with Crippen LogP contribution < -0.4 is 4.74 Å². The molecule has 0 amide bonds. The Morgan fingerprint density at radius 1 is 1.16 bits per heavy atom. The molecule has 1 aliphatic carbocycles. The maximum atomic E-state index is 11.4. The van der Waals surface area contributed by atoms with Gasteiger partial charge in [0.05, 0.1) is 19.3 Å². The number of allylic oxidation sites excluding steroid dienone is 2. The van der Waals surface area contributed by atoms with Crippen LogP contribution in [0.2, 0.25) is 0 Å². The Morgan fingerprint density at radius 2 is 1.88 bits per heavy atom. The van der Waals surface area contributed by atoms with Crippen LogP contribution in [0.3, 0.4) is 0 Å². The Kier molecular flexibility index (Phi) is 11.5. The highest BCUT2D eigenvalue weighted by Crippen LogP contribution is 2.39. The van der Waals surface area contributed by atoms with E-state index in [4.69, 9.17) is 26.2 Å². The van der Waals surface area contributed by atoms with Gasteiger partial charge in [-0.2, -0.15) is 0 Å². The van der Waals surface area contributed by atoms with Crippen LogP contribution in [0.15, 0.2) is 24.3 Å². The zero-order valence-electron chi connectivity index (χ0n) is 19.1. The number of halogens is 1. The highest BCUT2D eigenvalue weighted by Gasteiger charge is 2.41. The van der Waals surface area contributed by atoms with E-state index in [2.05, 4.69) is 6.08 Å². The minimum atomic E-state index is -0.493. The number of esters is 1. The molecule has 180 valence electrons. The third kappa shape index (κ3) is 8.07. The summed E-state index contributed by atoms with van der Waals surface area (Å²) in [6, 6.07) is 3.97. The van der Waals surface area contributed by atoms with Crippen LogP contribution in [0.1, 0.15) is 48.8 Å². The van der Waals surface area contributed by atoms with E-state index in [1.807, 2.05) is 32.1 Å². The largest absolute Gasteiger partial charge is 0.493 e. The molecule has 0 heterocycles. The van der Waals surface area contributed by atoms with Gasteiger partial charge in [0.2, 0.25) is 0 Å². The molecule has 2 rings (SSSR count). The van der Waals surface area contributed by atoms with Crippen molar-refractivity contribution in [1.82, 2.24) is 0 Å². The molecule has 32 heavy (non-hydrogen) atoms. The van der Waals surface area contributed by atoms with Crippen LogP contribution in [0.25, 0.3) is 0 Å². The topological polar surface area (TPSA) is 96.2 Å². The van der Waals surface area contributed by atoms with Gasteiger partial charge in [-0.1, -0.05) is 12.2 Å². The first-order valence-corrected chi connectivity index (χ1v) is 11.9. The van der Waals surface area contributed by atoms with Gasteiger partial charge >= 0.3 is 5.97 Å². The lowest BCUT2D eigenvalue weighted by atomic mass is 9.92. The smallest absolute Gasteiger partial charge is 0.305 e. The summed E-state index contributed by atoms with van der Waals surface area (Å²) in [5.74, 6) is 0.551. The van der Waals surface area contributed by atoms with Crippen LogP contribution in [-0.2, 0) is 16.0 Å². The summed E-state index contributed by atoms with van der Waals surface area (Å²) in [5, 5.41) is 28.3. The van der Waals surface area contributed by atoms with Gasteiger partial charge in [0.15, 0.2) is 0 Å². The lowest BCUT2D eigenvalue weighted by molar-refractivity contribution is -0.144. The number of aliphatic hydroxyl groups is 3. The highest BCUT2D eigenvalue weighted by atomic mass is 35.5. The van der Waals surface area contributed by atoms with Crippen molar-refractivity contribution in [2.75, 3.05) is 26.4 Å². The predicted octanol–water partition coefficient (Wildman–Crippen LogP) is 3.47. The first-order valence-electron chi connectivity index (χ1n) is 11.4. The summed E-state index contributed by atoms with van der Waals surface area (Å²) in [5.41, 5.74) is 3.33. The fourth-order valence-electron chi connectivity index (χ4n) is 4.39. The minimum absolute atomic E-state index is 0.0468. The number of unbranched alkanes of at least 4 members (excludes halogenated alkanes) is 1. The molecule has 3 N–H and O–H groups in total. The number of carbonyl (C=O) groups excluding carboxylic acids is 1. The fraction of sp³-hybridized carbons (Fsp3) is 0.640. The predicted molar refractivity (Wildman–Crippen MR) is 125 cm³/mol. The van der Waals surface area contributed by atoms with E-state index in [-0.39, 0.29) is 43.0 Å². The number of carbonyl (C=O) groups is 1. The van der Waals surface area contributed by atoms with Crippen LogP contribution in [0.4, 0.5) is 0 Å². The number of aliphatic hydroxyl groups excluding tert-OH is 3. The zero-order valence-corrected chi connectivity index (χ0v) is 19.9. The molecule has 1 aromatic rings. The number of hydrogen-bond acceptors (Lipinski definition) is 6. The van der Waals surface area contributed by atoms with Crippen molar-refractivity contribution in [2.24, 2.45) is 11.8 Å². The summed E-state index contributed by atoms with van der Waals surface area (Å²) >= 11 is 6.53. The second-order valence-corrected chi connectivity index (χ2v) is 9.07. The fourth-order valence-corrected chi connectivity index (χ4v) is 4.87. The van der Waals surface area contributed by atoms with Crippen LogP contribution in [0.5, 0.6) is 5.75 Å². The van der Waals surface area contributed by atoms with Gasteiger partial charge in [0.25, 0.3) is 0 Å². The average Bonchev–Trinajstić information content (AvgIpc) is 3.02. The molecule has 1 aromatic carbocycles. The van der Waals surface area contributed by atoms with E-state index < -0.39 is 6.10 Å². The summed E-state index contributed by atoms with van der Waals surface area (Å²) in [4.78, 5) is 11.4. The maximum Gasteiger partial charge on any atom is 0.305 e. The van der Waals surface area contributed by atoms with Crippen molar-refractivity contribution in [2.45, 2.75) is 63.9 Å². The van der Waals surface area contributed by atoms with E-state index in [1.54, 1.807) is 0 Å². The lowest BCUT2D eigenvalue weighted by Crippen LogP contribution is -2.27. The van der Waals surface area contributed by atoms with E-state index in [9.17, 15) is 15.0 Å². The number of aryl methyl sites for hydroxylation is 2. The highest BCUT2D eigenvalue weighted by molar-refractivity contribution is 6.21. The second kappa shape index (κ2) is 13.8. The van der Waals surface area contributed by atoms with Gasteiger partial charge in [-0.05, 0) is 80.7 Å². The van der Waals surface area contributed by atoms with Gasteiger partial charge in [-0.3, -0.25) is 4.79 Å². The van der Waals surface area contributed by atoms with Crippen molar-refractivity contribution < 1.29 is 29.6 Å². The Balaban J connectivity index is 1.85. The summed E-state index contributed by atoms with van der Waals surface area (Å²) in [6.45, 7) is 4.45. The first-order chi connectivity index (χ1) is 15.4. The maximum absolute atomic E-state index is 11.4. The molecule has 0 spiro atoms. The number of ether oxygens (including phenoxy) is 2. The lowest BCUT2D eigenvalue weighted by Gasteiger charge is -2.23. The third-order valence-electron chi connectivity index (χ3n) is 6.13. The van der Waals surface area contributed by atoms with E-state index in [1.165, 1.54) is 0 Å². The van der Waals surface area contributed by atoms with Gasteiger partial charge in [-0.25, -0.2) is 0 Å². The van der Waals surface area contributed by atoms with Crippen LogP contribution in [0, 0.1) is 25.7 Å². The SMILES string of the molecule is Cc1cc(OC[C@@H]2[C@@H](C/C=C\CCCC(=O)OCCO)[C@H](Cl)C[C@H]2O)cc(C)c1CCO. The first kappa shape index (κ1) is 26.7. The van der Waals surface area contributed by atoms with Crippen molar-refractivity contribution in [1.29, 1.82) is 0 Å². The zero-order chi connectivity index (χ0) is 23.5. The molecule has 0 radical (unpaired) electrons. The molecule has 4 atom stereocenters. The average molecular weight is 469 g/mol. The summed E-state index contributed by atoms with van der Waals surface area (Å²) in [6.07, 6.45) is 7.34. The quantitative estimate of drug-likeness (QED) is 0.177. The molecular weight excluding hydrogens is 432 g/mol.